The van der Waals surface area contributed by atoms with E-state index in [9.17, 15) is 110 Å². The lowest BCUT2D eigenvalue weighted by atomic mass is 9.12. The highest BCUT2D eigenvalue weighted by Gasteiger charge is 2.47. The summed E-state index contributed by atoms with van der Waals surface area (Å²) in [6.45, 7) is 2.33. The summed E-state index contributed by atoms with van der Waals surface area (Å²) >= 11 is 0. The number of hydrogen-bond acceptors (Lipinski definition) is 1. The second kappa shape index (κ2) is 19.6. The maximum atomic E-state index is 14.2. The van der Waals surface area contributed by atoms with E-state index in [1.54, 1.807) is 6.92 Å². The zero-order chi connectivity index (χ0) is 55.3. The monoisotopic (exact) mass is 1080 g/mol. The number of halogens is 24. The van der Waals surface area contributed by atoms with Gasteiger partial charge in [-0.05, 0) is 30.3 Å². The van der Waals surface area contributed by atoms with Crippen LogP contribution in [0.5, 0.6) is 0 Å². The number of rotatable bonds is 7. The Bertz CT molecular complexity index is 2520. The zero-order valence-electron chi connectivity index (χ0n) is 35.8. The fraction of sp³-hybridized carbons (Fsp3) is 0.217. The first-order valence-electron chi connectivity index (χ1n) is 19.9. The molecule has 0 bridgehead atoms. The van der Waals surface area contributed by atoms with E-state index in [0.29, 0.717) is 0 Å². The van der Waals surface area contributed by atoms with Gasteiger partial charge in [0.2, 0.25) is 11.5 Å². The maximum Gasteiger partial charge on any atom is 0.416 e. The van der Waals surface area contributed by atoms with Crippen molar-refractivity contribution in [2.45, 2.75) is 62.9 Å². The van der Waals surface area contributed by atoms with Gasteiger partial charge in [0.25, 0.3) is 0 Å². The summed E-state index contributed by atoms with van der Waals surface area (Å²) < 4.78 is 343. The molecule has 6 aromatic rings. The van der Waals surface area contributed by atoms with Crippen LogP contribution in [0.15, 0.2) is 128 Å². The number of ketones is 1. The Morgan fingerprint density at radius 1 is 0.356 bits per heavy atom. The predicted octanol–water partition coefficient (Wildman–Crippen LogP) is 13.4. The van der Waals surface area contributed by atoms with Crippen LogP contribution < -0.4 is 26.4 Å². The summed E-state index contributed by atoms with van der Waals surface area (Å²) in [6, 6.07) is 6.99. The van der Waals surface area contributed by atoms with Gasteiger partial charge in [0.1, 0.15) is 6.15 Å². The largest absolute Gasteiger partial charge is 0.416 e. The van der Waals surface area contributed by atoms with Crippen LogP contribution in [0.3, 0.4) is 0 Å². The molecule has 0 aliphatic carbocycles. The van der Waals surface area contributed by atoms with Crippen molar-refractivity contribution in [3.8, 4) is 0 Å². The first kappa shape index (κ1) is 57.2. The van der Waals surface area contributed by atoms with Crippen LogP contribution in [0.4, 0.5) is 105 Å². The van der Waals surface area contributed by atoms with Gasteiger partial charge in [-0.3, -0.25) is 4.79 Å². The molecular formula is C46H26BF24NO. The van der Waals surface area contributed by atoms with E-state index < -0.39 is 195 Å². The molecule has 73 heavy (non-hydrogen) atoms. The Labute approximate surface area is 394 Å². The highest BCUT2D eigenvalue weighted by Crippen LogP contribution is 2.41. The molecule has 27 heteroatoms. The average Bonchev–Trinajstić information content (AvgIpc) is 3.24. The minimum Gasteiger partial charge on any atom is -0.288 e. The molecule has 1 heterocycles. The van der Waals surface area contributed by atoms with Crippen molar-refractivity contribution in [1.82, 2.24) is 0 Å². The smallest absolute Gasteiger partial charge is 0.288 e. The highest BCUT2D eigenvalue weighted by molar-refractivity contribution is 7.20. The van der Waals surface area contributed by atoms with E-state index in [1.807, 2.05) is 47.2 Å². The van der Waals surface area contributed by atoms with E-state index in [0.717, 1.165) is 12.2 Å². The summed E-state index contributed by atoms with van der Waals surface area (Å²) in [4.78, 5) is 11.4. The Hall–Kier alpha value is -6.70. The first-order chi connectivity index (χ1) is 33.0. The fourth-order valence-corrected chi connectivity index (χ4v) is 7.78. The molecule has 0 radical (unpaired) electrons. The topological polar surface area (TPSA) is 20.9 Å². The zero-order valence-corrected chi connectivity index (χ0v) is 35.8. The van der Waals surface area contributed by atoms with Crippen molar-refractivity contribution < 1.29 is 115 Å². The van der Waals surface area contributed by atoms with Gasteiger partial charge in [-0.1, -0.05) is 78.9 Å². The number of pyridine rings is 1. The van der Waals surface area contributed by atoms with E-state index in [2.05, 4.69) is 12.1 Å². The molecule has 0 aliphatic heterocycles. The van der Waals surface area contributed by atoms with Crippen molar-refractivity contribution in [3.63, 3.8) is 0 Å². The van der Waals surface area contributed by atoms with E-state index >= 15 is 0 Å². The normalized spacial score (nSPS) is 13.4. The molecule has 0 fully saturated rings. The summed E-state index contributed by atoms with van der Waals surface area (Å²) in [6.07, 6.45) is -52.9. The molecule has 0 saturated carbocycles. The van der Waals surface area contributed by atoms with Gasteiger partial charge in [-0.25, -0.2) is 0 Å². The minimum atomic E-state index is -6.13. The third-order valence-electron chi connectivity index (χ3n) is 10.9. The maximum absolute atomic E-state index is 14.2. The SMILES string of the molecule is CC(=O)c1cccc[n+]1Cc1ccccc1.FC(F)(F)c1cc([B-](c2cc(C(F)(F)F)cc(C(F)(F)F)c2)(c2cc(C(F)(F)F)cc(C(F)(F)F)c2)c2cc(C(F)(F)F)cc(C(F)(F)F)c2)cc(C(F)(F)F)c1. The number of benzene rings is 5. The van der Waals surface area contributed by atoms with Crippen molar-refractivity contribution in [2.75, 3.05) is 0 Å². The van der Waals surface area contributed by atoms with Gasteiger partial charge in [0.05, 0.1) is 44.5 Å². The molecule has 0 N–H and O–H groups in total. The number of alkyl halides is 24. The van der Waals surface area contributed by atoms with E-state index in [4.69, 9.17) is 0 Å². The number of Topliss-reactive ketones (excluding diaryl/α,β-unsaturated/α-hetero) is 1. The van der Waals surface area contributed by atoms with Crippen LogP contribution in [-0.4, -0.2) is 11.9 Å². The van der Waals surface area contributed by atoms with E-state index in [-0.39, 0.29) is 5.78 Å². The Morgan fingerprint density at radius 3 is 0.808 bits per heavy atom. The molecule has 2 nitrogen and oxygen atoms in total. The Balaban J connectivity index is 0.000000520. The third-order valence-corrected chi connectivity index (χ3v) is 10.9. The van der Waals surface area contributed by atoms with Crippen LogP contribution in [0.25, 0.3) is 0 Å². The molecular weight excluding hydrogens is 1050 g/mol. The van der Waals surface area contributed by atoms with Crippen molar-refractivity contribution in [1.29, 1.82) is 0 Å². The number of carbonyl (C=O) groups is 1. The Morgan fingerprint density at radius 2 is 0.589 bits per heavy atom. The summed E-state index contributed by atoms with van der Waals surface area (Å²) in [7, 11) is 0. The van der Waals surface area contributed by atoms with Gasteiger partial charge < -0.3 is 0 Å². The Kier molecular flexibility index (Phi) is 15.4. The molecule has 0 saturated heterocycles. The van der Waals surface area contributed by atoms with Crippen LogP contribution in [0.2, 0.25) is 0 Å². The molecule has 0 atom stereocenters. The third kappa shape index (κ3) is 13.3. The van der Waals surface area contributed by atoms with Crippen molar-refractivity contribution in [3.05, 3.63) is 183 Å². The van der Waals surface area contributed by atoms with Crippen LogP contribution >= 0.6 is 0 Å². The molecule has 6 rings (SSSR count). The van der Waals surface area contributed by atoms with Gasteiger partial charge in [0.15, 0.2) is 12.7 Å². The van der Waals surface area contributed by atoms with Crippen LogP contribution in [0.1, 0.15) is 67.5 Å². The lowest BCUT2D eigenvalue weighted by Crippen LogP contribution is -2.75. The molecule has 392 valence electrons. The van der Waals surface area contributed by atoms with Crippen molar-refractivity contribution >= 4 is 33.8 Å². The lowest BCUT2D eigenvalue weighted by molar-refractivity contribution is -0.690. The summed E-state index contributed by atoms with van der Waals surface area (Å²) in [5.74, 6) is 0.0940. The summed E-state index contributed by atoms with van der Waals surface area (Å²) in [5, 5.41) is 0. The van der Waals surface area contributed by atoms with Gasteiger partial charge in [-0.2, -0.15) is 132 Å². The van der Waals surface area contributed by atoms with Crippen LogP contribution in [-0.2, 0) is 56.0 Å². The molecule has 0 amide bonds. The number of carbonyl (C=O) groups excluding carboxylic acids is 1. The van der Waals surface area contributed by atoms with Gasteiger partial charge in [-0.15, -0.1) is 0 Å². The average molecular weight is 1080 g/mol. The quantitative estimate of drug-likeness (QED) is 0.0675. The number of nitrogens with zero attached hydrogens (tertiary/aromatic N) is 1. The fourth-order valence-electron chi connectivity index (χ4n) is 7.78. The molecule has 0 spiro atoms. The van der Waals surface area contributed by atoms with Gasteiger partial charge in [0, 0.05) is 24.6 Å². The second-order valence-corrected chi connectivity index (χ2v) is 16.0. The molecule has 1 aromatic heterocycles. The number of aromatic nitrogens is 1. The molecule has 0 unspecified atom stereocenters. The van der Waals surface area contributed by atoms with Gasteiger partial charge >= 0.3 is 49.4 Å². The van der Waals surface area contributed by atoms with Crippen LogP contribution in [0, 0.1) is 0 Å². The number of hydrogen-bond donors (Lipinski definition) is 0. The lowest BCUT2D eigenvalue weighted by Gasteiger charge is -2.46. The van der Waals surface area contributed by atoms with E-state index in [1.165, 1.54) is 5.56 Å². The standard InChI is InChI=1S/C32H12BF24.C14H14NO/c34-25(35,36)13-1-14(26(37,38)39)6-21(5-13)33(22-7-15(27(40,41)42)2-16(8-22)28(43,44)45,23-9-17(29(46,47)48)3-18(10-23)30(49,50)51)24-11-19(31(52,53)54)4-20(12-24)32(55,56)57;1-12(16)14-9-5-6-10-15(14)11-13-7-3-2-4-8-13/h1-12H;2-10H,11H2,1H3/q-1;+1. The van der Waals surface area contributed by atoms with Crippen molar-refractivity contribution in [2.24, 2.45) is 0 Å². The first-order valence-corrected chi connectivity index (χ1v) is 19.9. The molecule has 0 aliphatic rings. The second-order valence-electron chi connectivity index (χ2n) is 16.0. The predicted molar refractivity (Wildman–Crippen MR) is 212 cm³/mol. The highest BCUT2D eigenvalue weighted by atomic mass is 19.4. The molecule has 5 aromatic carbocycles. The minimum absolute atomic E-state index is 0.0940. The summed E-state index contributed by atoms with van der Waals surface area (Å²) in [5.41, 5.74) is -28.3.